The SMILES string of the molecule is N[C@H]1CC[C@H](Nc2ncc3c(-c4cccc(NCc5ccccc5)n4)n[nH]c3n2)CC1. The van der Waals surface area contributed by atoms with E-state index in [1.54, 1.807) is 0 Å². The average Bonchev–Trinajstić information content (AvgIpc) is 3.23. The molecule has 0 unspecified atom stereocenters. The van der Waals surface area contributed by atoms with Gasteiger partial charge in [-0.25, -0.2) is 9.97 Å². The lowest BCUT2D eigenvalue weighted by atomic mass is 9.92. The van der Waals surface area contributed by atoms with Crippen molar-refractivity contribution < 1.29 is 0 Å². The molecule has 3 aromatic heterocycles. The number of H-pyrrole nitrogens is 1. The topological polar surface area (TPSA) is 117 Å². The van der Waals surface area contributed by atoms with Crippen LogP contribution in [0.25, 0.3) is 22.4 Å². The van der Waals surface area contributed by atoms with Crippen molar-refractivity contribution in [1.82, 2.24) is 25.1 Å². The fourth-order valence-electron chi connectivity index (χ4n) is 3.97. The zero-order chi connectivity index (χ0) is 21.0. The van der Waals surface area contributed by atoms with Gasteiger partial charge in [0.25, 0.3) is 0 Å². The van der Waals surface area contributed by atoms with Crippen molar-refractivity contribution in [3.05, 3.63) is 60.3 Å². The second kappa shape index (κ2) is 8.69. The van der Waals surface area contributed by atoms with Gasteiger partial charge in [-0.1, -0.05) is 36.4 Å². The number of hydrogen-bond donors (Lipinski definition) is 4. The van der Waals surface area contributed by atoms with E-state index in [2.05, 4.69) is 42.9 Å². The molecule has 0 radical (unpaired) electrons. The van der Waals surface area contributed by atoms with Gasteiger partial charge in [0.2, 0.25) is 5.95 Å². The van der Waals surface area contributed by atoms with E-state index >= 15 is 0 Å². The molecule has 4 aromatic rings. The minimum Gasteiger partial charge on any atom is -0.366 e. The summed E-state index contributed by atoms with van der Waals surface area (Å²) in [5.74, 6) is 1.42. The first-order valence-electron chi connectivity index (χ1n) is 10.7. The second-order valence-electron chi connectivity index (χ2n) is 8.03. The Hall–Kier alpha value is -3.52. The van der Waals surface area contributed by atoms with Crippen LogP contribution in [0.3, 0.4) is 0 Å². The Kier molecular flexibility index (Phi) is 5.45. The third-order valence-corrected chi connectivity index (χ3v) is 5.73. The van der Waals surface area contributed by atoms with Gasteiger partial charge in [-0.2, -0.15) is 10.1 Å². The van der Waals surface area contributed by atoms with Gasteiger partial charge in [-0.05, 0) is 43.4 Å². The van der Waals surface area contributed by atoms with Gasteiger partial charge >= 0.3 is 0 Å². The molecule has 158 valence electrons. The van der Waals surface area contributed by atoms with Crippen LogP contribution in [0.2, 0.25) is 0 Å². The van der Waals surface area contributed by atoms with E-state index in [9.17, 15) is 0 Å². The minimum absolute atomic E-state index is 0.321. The molecule has 1 fully saturated rings. The van der Waals surface area contributed by atoms with Crippen LogP contribution in [0.1, 0.15) is 31.2 Å². The van der Waals surface area contributed by atoms with Crippen molar-refractivity contribution in [3.63, 3.8) is 0 Å². The van der Waals surface area contributed by atoms with Gasteiger partial charge < -0.3 is 16.4 Å². The quantitative estimate of drug-likeness (QED) is 0.380. The number of aromatic nitrogens is 5. The van der Waals surface area contributed by atoms with Gasteiger partial charge in [0.1, 0.15) is 11.5 Å². The lowest BCUT2D eigenvalue weighted by Crippen LogP contribution is -2.33. The van der Waals surface area contributed by atoms with E-state index < -0.39 is 0 Å². The molecule has 1 aliphatic rings. The Morgan fingerprint density at radius 3 is 2.65 bits per heavy atom. The molecule has 0 aliphatic heterocycles. The summed E-state index contributed by atoms with van der Waals surface area (Å²) in [4.78, 5) is 13.9. The van der Waals surface area contributed by atoms with E-state index in [1.165, 1.54) is 5.56 Å². The minimum atomic E-state index is 0.321. The van der Waals surface area contributed by atoms with Crippen molar-refractivity contribution in [2.24, 2.45) is 5.73 Å². The highest BCUT2D eigenvalue weighted by molar-refractivity contribution is 5.89. The number of hydrogen-bond acceptors (Lipinski definition) is 7. The number of nitrogens with zero attached hydrogens (tertiary/aromatic N) is 4. The van der Waals surface area contributed by atoms with E-state index in [-0.39, 0.29) is 0 Å². The third-order valence-electron chi connectivity index (χ3n) is 5.73. The molecule has 1 saturated carbocycles. The predicted molar refractivity (Wildman–Crippen MR) is 123 cm³/mol. The molecule has 5 rings (SSSR count). The molecule has 1 aliphatic carbocycles. The maximum atomic E-state index is 6.00. The Balaban J connectivity index is 1.32. The molecular formula is C23H26N8. The highest BCUT2D eigenvalue weighted by atomic mass is 15.2. The Labute approximate surface area is 180 Å². The summed E-state index contributed by atoms with van der Waals surface area (Å²) in [6.45, 7) is 0.711. The predicted octanol–water partition coefficient (Wildman–Crippen LogP) is 3.71. The fraction of sp³-hybridized carbons (Fsp3) is 0.304. The molecule has 1 aromatic carbocycles. The summed E-state index contributed by atoms with van der Waals surface area (Å²) in [5.41, 5.74) is 9.42. The van der Waals surface area contributed by atoms with E-state index in [0.29, 0.717) is 30.2 Å². The van der Waals surface area contributed by atoms with Crippen molar-refractivity contribution in [1.29, 1.82) is 0 Å². The maximum Gasteiger partial charge on any atom is 0.224 e. The molecule has 8 nitrogen and oxygen atoms in total. The average molecular weight is 415 g/mol. The zero-order valence-corrected chi connectivity index (χ0v) is 17.3. The number of anilines is 2. The van der Waals surface area contributed by atoms with Crippen molar-refractivity contribution in [2.75, 3.05) is 10.6 Å². The van der Waals surface area contributed by atoms with Crippen molar-refractivity contribution in [2.45, 2.75) is 44.3 Å². The van der Waals surface area contributed by atoms with Gasteiger partial charge in [-0.3, -0.25) is 5.10 Å². The first-order valence-corrected chi connectivity index (χ1v) is 10.7. The van der Waals surface area contributed by atoms with Crippen molar-refractivity contribution >= 4 is 22.8 Å². The molecule has 8 heteroatoms. The maximum absolute atomic E-state index is 6.00. The standard InChI is InChI=1S/C23H26N8/c24-16-9-11-17(12-10-16)27-23-26-14-18-21(30-31-22(18)29-23)19-7-4-8-20(28-19)25-13-15-5-2-1-3-6-15/h1-8,14,16-17H,9-13,24H2,(H,25,28)(H2,26,27,29,30,31)/t16-,17-. The highest BCUT2D eigenvalue weighted by Crippen LogP contribution is 2.26. The Morgan fingerprint density at radius 2 is 1.81 bits per heavy atom. The number of rotatable bonds is 6. The fourth-order valence-corrected chi connectivity index (χ4v) is 3.97. The summed E-state index contributed by atoms with van der Waals surface area (Å²) in [5, 5.41) is 15.1. The first-order chi connectivity index (χ1) is 15.2. The van der Waals surface area contributed by atoms with Crippen LogP contribution in [0.4, 0.5) is 11.8 Å². The summed E-state index contributed by atoms with van der Waals surface area (Å²) >= 11 is 0. The first kappa shape index (κ1) is 19.4. The lowest BCUT2D eigenvalue weighted by Gasteiger charge is -2.26. The normalized spacial score (nSPS) is 18.7. The zero-order valence-electron chi connectivity index (χ0n) is 17.3. The number of pyridine rings is 1. The van der Waals surface area contributed by atoms with Crippen LogP contribution in [0.15, 0.2) is 54.7 Å². The van der Waals surface area contributed by atoms with E-state index in [0.717, 1.165) is 48.3 Å². The number of benzene rings is 1. The number of nitrogens with one attached hydrogen (secondary N) is 3. The molecule has 31 heavy (non-hydrogen) atoms. The number of fused-ring (bicyclic) bond motifs is 1. The van der Waals surface area contributed by atoms with Gasteiger partial charge in [0, 0.05) is 24.8 Å². The molecule has 3 heterocycles. The summed E-state index contributed by atoms with van der Waals surface area (Å²) in [6.07, 6.45) is 5.97. The van der Waals surface area contributed by atoms with Crippen LogP contribution in [-0.4, -0.2) is 37.2 Å². The van der Waals surface area contributed by atoms with Gasteiger partial charge in [0.15, 0.2) is 5.65 Å². The summed E-state index contributed by atoms with van der Waals surface area (Å²) in [6, 6.07) is 16.8. The van der Waals surface area contributed by atoms with Crippen molar-refractivity contribution in [3.8, 4) is 11.4 Å². The summed E-state index contributed by atoms with van der Waals surface area (Å²) < 4.78 is 0. The Morgan fingerprint density at radius 1 is 0.968 bits per heavy atom. The highest BCUT2D eigenvalue weighted by Gasteiger charge is 2.19. The Bertz CT molecular complexity index is 1150. The molecule has 0 atom stereocenters. The van der Waals surface area contributed by atoms with E-state index in [1.807, 2.05) is 42.6 Å². The largest absolute Gasteiger partial charge is 0.366 e. The van der Waals surface area contributed by atoms with Crippen LogP contribution in [0, 0.1) is 0 Å². The van der Waals surface area contributed by atoms with Crippen LogP contribution in [0.5, 0.6) is 0 Å². The van der Waals surface area contributed by atoms with Crippen LogP contribution in [-0.2, 0) is 6.54 Å². The number of nitrogens with two attached hydrogens (primary N) is 1. The lowest BCUT2D eigenvalue weighted by molar-refractivity contribution is 0.410. The van der Waals surface area contributed by atoms with Gasteiger partial charge in [0.05, 0.1) is 11.1 Å². The molecule has 0 bridgehead atoms. The third kappa shape index (κ3) is 4.49. The molecule has 5 N–H and O–H groups in total. The monoisotopic (exact) mass is 414 g/mol. The van der Waals surface area contributed by atoms with Gasteiger partial charge in [-0.15, -0.1) is 0 Å². The molecular weight excluding hydrogens is 388 g/mol. The van der Waals surface area contributed by atoms with Crippen LogP contribution >= 0.6 is 0 Å². The summed E-state index contributed by atoms with van der Waals surface area (Å²) in [7, 11) is 0. The number of aromatic amines is 1. The second-order valence-corrected chi connectivity index (χ2v) is 8.03. The van der Waals surface area contributed by atoms with Crippen LogP contribution < -0.4 is 16.4 Å². The smallest absolute Gasteiger partial charge is 0.224 e. The molecule has 0 amide bonds. The molecule has 0 spiro atoms. The molecule has 0 saturated heterocycles. The van der Waals surface area contributed by atoms with E-state index in [4.69, 9.17) is 10.7 Å².